The fraction of sp³-hybridized carbons (Fsp3) is 0.412. The van der Waals surface area contributed by atoms with Crippen LogP contribution in [0.1, 0.15) is 22.2 Å². The number of aliphatic imine (C=N–C) groups is 1. The minimum Gasteiger partial charge on any atom is -0.468 e. The van der Waals surface area contributed by atoms with Crippen LogP contribution in [0.3, 0.4) is 0 Å². The van der Waals surface area contributed by atoms with Crippen molar-refractivity contribution in [1.29, 1.82) is 0 Å². The molecule has 0 atom stereocenters. The summed E-state index contributed by atoms with van der Waals surface area (Å²) in [6, 6.07) is 7.19. The van der Waals surface area contributed by atoms with Crippen LogP contribution in [0.4, 0.5) is 13.2 Å². The minimum absolute atomic E-state index is 0. The zero-order chi connectivity index (χ0) is 19.0. The van der Waals surface area contributed by atoms with Crippen molar-refractivity contribution in [1.82, 2.24) is 15.6 Å². The number of aryl methyl sites for hydroxylation is 1. The molecule has 0 aliphatic rings. The number of aromatic nitrogens is 1. The summed E-state index contributed by atoms with van der Waals surface area (Å²) in [7, 11) is 0. The molecule has 0 fully saturated rings. The van der Waals surface area contributed by atoms with E-state index in [0.717, 1.165) is 12.1 Å². The van der Waals surface area contributed by atoms with Crippen LogP contribution < -0.4 is 15.4 Å². The summed E-state index contributed by atoms with van der Waals surface area (Å²) in [4.78, 5) is 10.8. The number of ether oxygens (including phenoxy) is 1. The lowest BCUT2D eigenvalue weighted by atomic mass is 10.3. The van der Waals surface area contributed by atoms with Gasteiger partial charge in [-0.2, -0.15) is 13.2 Å². The summed E-state index contributed by atoms with van der Waals surface area (Å²) >= 11 is 1.72. The highest BCUT2D eigenvalue weighted by atomic mass is 127. The molecule has 0 aliphatic heterocycles. The average molecular weight is 514 g/mol. The monoisotopic (exact) mass is 514 g/mol. The van der Waals surface area contributed by atoms with Crippen LogP contribution in [-0.2, 0) is 13.1 Å². The molecule has 150 valence electrons. The molecule has 0 unspecified atom stereocenters. The van der Waals surface area contributed by atoms with Crippen molar-refractivity contribution in [3.8, 4) is 5.88 Å². The van der Waals surface area contributed by atoms with Gasteiger partial charge in [0.15, 0.2) is 12.6 Å². The maximum Gasteiger partial charge on any atom is 0.422 e. The third-order valence-electron chi connectivity index (χ3n) is 3.17. The molecule has 5 nitrogen and oxygen atoms in total. The Morgan fingerprint density at radius 2 is 2.00 bits per heavy atom. The summed E-state index contributed by atoms with van der Waals surface area (Å²) in [6.07, 6.45) is -2.92. The highest BCUT2D eigenvalue weighted by molar-refractivity contribution is 14.0. The first-order valence-electron chi connectivity index (χ1n) is 8.07. The van der Waals surface area contributed by atoms with Gasteiger partial charge in [0.2, 0.25) is 5.88 Å². The number of guanidine groups is 1. The van der Waals surface area contributed by atoms with Crippen molar-refractivity contribution >= 4 is 41.3 Å². The molecule has 2 heterocycles. The highest BCUT2D eigenvalue weighted by Gasteiger charge is 2.28. The molecule has 10 heteroatoms. The molecule has 2 N–H and O–H groups in total. The molecule has 2 rings (SSSR count). The van der Waals surface area contributed by atoms with E-state index in [1.807, 2.05) is 6.92 Å². The fourth-order valence-corrected chi connectivity index (χ4v) is 2.84. The second-order valence-corrected chi connectivity index (χ2v) is 6.84. The molecule has 0 radical (unpaired) electrons. The smallest absolute Gasteiger partial charge is 0.422 e. The van der Waals surface area contributed by atoms with Crippen LogP contribution in [0.5, 0.6) is 5.88 Å². The Bertz CT molecular complexity index is 720. The lowest BCUT2D eigenvalue weighted by Crippen LogP contribution is -2.36. The zero-order valence-corrected chi connectivity index (χ0v) is 18.1. The van der Waals surface area contributed by atoms with Crippen LogP contribution in [0.25, 0.3) is 0 Å². The van der Waals surface area contributed by atoms with E-state index >= 15 is 0 Å². The van der Waals surface area contributed by atoms with Gasteiger partial charge >= 0.3 is 6.18 Å². The largest absolute Gasteiger partial charge is 0.468 e. The molecule has 2 aromatic rings. The van der Waals surface area contributed by atoms with Crippen molar-refractivity contribution in [2.24, 2.45) is 4.99 Å². The summed E-state index contributed by atoms with van der Waals surface area (Å²) in [5.41, 5.74) is 0.772. The van der Waals surface area contributed by atoms with Gasteiger partial charge in [0.25, 0.3) is 0 Å². The van der Waals surface area contributed by atoms with Gasteiger partial charge in [0.1, 0.15) is 0 Å². The third-order valence-corrected chi connectivity index (χ3v) is 4.17. The Morgan fingerprint density at radius 3 is 2.56 bits per heavy atom. The number of alkyl halides is 3. The normalized spacial score (nSPS) is 11.7. The Morgan fingerprint density at radius 1 is 1.22 bits per heavy atom. The average Bonchev–Trinajstić information content (AvgIpc) is 3.01. The number of hydrogen-bond donors (Lipinski definition) is 2. The van der Waals surface area contributed by atoms with E-state index in [2.05, 4.69) is 44.4 Å². The first kappa shape index (κ1) is 23.5. The van der Waals surface area contributed by atoms with Crippen LogP contribution in [0.15, 0.2) is 35.5 Å². The van der Waals surface area contributed by atoms with Gasteiger partial charge in [-0.15, -0.1) is 35.3 Å². The van der Waals surface area contributed by atoms with E-state index in [9.17, 15) is 13.2 Å². The standard InChI is InChI=1S/C17H21F3N4OS.HI/c1-3-21-16(24-10-14-6-4-12(2)26-14)23-9-13-5-7-15(22-8-13)25-11-17(18,19)20;/h4-8H,3,9-11H2,1-2H3,(H2,21,23,24);1H. The molecule has 0 bridgehead atoms. The van der Waals surface area contributed by atoms with E-state index in [1.165, 1.54) is 22.0 Å². The van der Waals surface area contributed by atoms with Crippen molar-refractivity contribution in [2.45, 2.75) is 33.1 Å². The van der Waals surface area contributed by atoms with Crippen molar-refractivity contribution in [2.75, 3.05) is 13.2 Å². The second-order valence-electron chi connectivity index (χ2n) is 5.47. The Hall–Kier alpha value is -1.56. The number of halogens is 4. The van der Waals surface area contributed by atoms with Crippen LogP contribution in [-0.4, -0.2) is 30.3 Å². The molecule has 0 spiro atoms. The Kier molecular flexibility index (Phi) is 9.84. The van der Waals surface area contributed by atoms with Crippen LogP contribution >= 0.6 is 35.3 Å². The summed E-state index contributed by atoms with van der Waals surface area (Å²) < 4.78 is 40.9. The van der Waals surface area contributed by atoms with E-state index in [4.69, 9.17) is 0 Å². The topological polar surface area (TPSA) is 58.5 Å². The molecule has 0 saturated carbocycles. The molecule has 0 aromatic carbocycles. The van der Waals surface area contributed by atoms with Crippen molar-refractivity contribution in [3.05, 3.63) is 45.8 Å². The van der Waals surface area contributed by atoms with E-state index < -0.39 is 12.8 Å². The molecule has 27 heavy (non-hydrogen) atoms. The SMILES string of the molecule is CCNC(=NCc1ccc(OCC(F)(F)F)nc1)NCc1ccc(C)s1.I. The first-order valence-corrected chi connectivity index (χ1v) is 8.89. The second kappa shape index (κ2) is 11.3. The fourth-order valence-electron chi connectivity index (χ4n) is 2.01. The van der Waals surface area contributed by atoms with Crippen molar-refractivity contribution in [3.63, 3.8) is 0 Å². The Balaban J connectivity index is 0.00000364. The molecular formula is C17H22F3IN4OS. The maximum absolute atomic E-state index is 12.1. The molecule has 0 saturated heterocycles. The summed E-state index contributed by atoms with van der Waals surface area (Å²) in [5, 5.41) is 6.40. The summed E-state index contributed by atoms with van der Waals surface area (Å²) in [6.45, 7) is 4.42. The van der Waals surface area contributed by atoms with E-state index in [1.54, 1.807) is 17.4 Å². The van der Waals surface area contributed by atoms with Crippen LogP contribution in [0.2, 0.25) is 0 Å². The lowest BCUT2D eigenvalue weighted by molar-refractivity contribution is -0.154. The number of thiophene rings is 1. The third kappa shape index (κ3) is 9.27. The van der Waals surface area contributed by atoms with Gasteiger partial charge in [0.05, 0.1) is 13.1 Å². The first-order chi connectivity index (χ1) is 12.4. The lowest BCUT2D eigenvalue weighted by Gasteiger charge is -2.11. The van der Waals surface area contributed by atoms with Gasteiger partial charge in [-0.25, -0.2) is 9.98 Å². The van der Waals surface area contributed by atoms with Gasteiger partial charge in [-0.3, -0.25) is 0 Å². The maximum atomic E-state index is 12.1. The van der Waals surface area contributed by atoms with Crippen LogP contribution in [0, 0.1) is 6.92 Å². The van der Waals surface area contributed by atoms with Crippen molar-refractivity contribution < 1.29 is 17.9 Å². The Labute approximate surface area is 177 Å². The van der Waals surface area contributed by atoms with E-state index in [0.29, 0.717) is 19.0 Å². The highest BCUT2D eigenvalue weighted by Crippen LogP contribution is 2.17. The minimum atomic E-state index is -4.38. The number of pyridine rings is 1. The van der Waals surface area contributed by atoms with Gasteiger partial charge in [-0.1, -0.05) is 6.07 Å². The predicted molar refractivity (Wildman–Crippen MR) is 112 cm³/mol. The van der Waals surface area contributed by atoms with Gasteiger partial charge in [0, 0.05) is 28.6 Å². The van der Waals surface area contributed by atoms with E-state index in [-0.39, 0.29) is 29.9 Å². The number of rotatable bonds is 7. The number of nitrogens with one attached hydrogen (secondary N) is 2. The predicted octanol–water partition coefficient (Wildman–Crippen LogP) is 4.27. The van der Waals surface area contributed by atoms with Gasteiger partial charge in [-0.05, 0) is 31.5 Å². The molecule has 2 aromatic heterocycles. The molecule has 0 amide bonds. The number of nitrogens with zero attached hydrogens (tertiary/aromatic N) is 2. The molecular weight excluding hydrogens is 492 g/mol. The quantitative estimate of drug-likeness (QED) is 0.330. The van der Waals surface area contributed by atoms with Gasteiger partial charge < -0.3 is 15.4 Å². The zero-order valence-electron chi connectivity index (χ0n) is 15.0. The molecule has 0 aliphatic carbocycles. The summed E-state index contributed by atoms with van der Waals surface area (Å²) in [5.74, 6) is 0.601. The number of hydrogen-bond acceptors (Lipinski definition) is 4.